The second-order valence-corrected chi connectivity index (χ2v) is 4.84. The minimum Gasteiger partial charge on any atom is -0.497 e. The molecule has 0 aliphatic carbocycles. The van der Waals surface area contributed by atoms with Crippen LogP contribution in [0.25, 0.3) is 0 Å². The van der Waals surface area contributed by atoms with E-state index in [1.807, 2.05) is 24.3 Å². The monoisotopic (exact) mass is 309 g/mol. The number of halogens is 2. The Balaban J connectivity index is 2.37. The summed E-state index contributed by atoms with van der Waals surface area (Å²) in [7, 11) is 1.50. The highest BCUT2D eigenvalue weighted by molar-refractivity contribution is 9.10. The minimum absolute atomic E-state index is 0.359. The molecule has 2 N–H and O–H groups in total. The van der Waals surface area contributed by atoms with Crippen LogP contribution in [0.15, 0.2) is 46.9 Å². The number of nitrogens with two attached hydrogens (primary N) is 1. The molecule has 0 saturated carbocycles. The van der Waals surface area contributed by atoms with Crippen LogP contribution in [-0.4, -0.2) is 7.11 Å². The molecule has 2 aromatic rings. The van der Waals surface area contributed by atoms with Crippen LogP contribution in [0.2, 0.25) is 0 Å². The highest BCUT2D eigenvalue weighted by atomic mass is 79.9. The summed E-state index contributed by atoms with van der Waals surface area (Å²) >= 11 is 3.38. The second-order valence-electron chi connectivity index (χ2n) is 3.92. The van der Waals surface area contributed by atoms with Crippen molar-refractivity contribution in [2.45, 2.75) is 6.04 Å². The zero-order valence-electron chi connectivity index (χ0n) is 9.86. The van der Waals surface area contributed by atoms with E-state index < -0.39 is 6.04 Å². The fourth-order valence-electron chi connectivity index (χ4n) is 1.77. The van der Waals surface area contributed by atoms with Crippen molar-refractivity contribution in [3.05, 3.63) is 63.9 Å². The van der Waals surface area contributed by atoms with Crippen LogP contribution in [0.5, 0.6) is 5.75 Å². The second kappa shape index (κ2) is 5.50. The first-order valence-electron chi connectivity index (χ1n) is 5.46. The van der Waals surface area contributed by atoms with Gasteiger partial charge >= 0.3 is 0 Å². The van der Waals surface area contributed by atoms with Gasteiger partial charge in [0.2, 0.25) is 0 Å². The average molecular weight is 310 g/mol. The van der Waals surface area contributed by atoms with Crippen molar-refractivity contribution in [2.24, 2.45) is 5.73 Å². The Morgan fingerprint density at radius 2 is 2.00 bits per heavy atom. The molecule has 1 atom stereocenters. The lowest BCUT2D eigenvalue weighted by Crippen LogP contribution is -2.13. The number of benzene rings is 2. The molecule has 18 heavy (non-hydrogen) atoms. The van der Waals surface area contributed by atoms with Crippen molar-refractivity contribution in [2.75, 3.05) is 7.11 Å². The van der Waals surface area contributed by atoms with Gasteiger partial charge in [0.05, 0.1) is 13.2 Å². The lowest BCUT2D eigenvalue weighted by atomic mass is 9.99. The van der Waals surface area contributed by atoms with Gasteiger partial charge in [-0.3, -0.25) is 0 Å². The smallest absolute Gasteiger partial charge is 0.132 e. The van der Waals surface area contributed by atoms with E-state index in [2.05, 4.69) is 15.9 Å². The fourth-order valence-corrected chi connectivity index (χ4v) is 2.18. The Morgan fingerprint density at radius 3 is 2.61 bits per heavy atom. The van der Waals surface area contributed by atoms with E-state index in [-0.39, 0.29) is 5.82 Å². The molecule has 4 heteroatoms. The van der Waals surface area contributed by atoms with Crippen LogP contribution in [0.4, 0.5) is 4.39 Å². The number of hydrogen-bond donors (Lipinski definition) is 1. The third-order valence-corrected chi connectivity index (χ3v) is 3.24. The minimum atomic E-state index is -0.492. The molecule has 0 spiro atoms. The van der Waals surface area contributed by atoms with Crippen molar-refractivity contribution in [3.63, 3.8) is 0 Å². The zero-order valence-corrected chi connectivity index (χ0v) is 11.4. The van der Waals surface area contributed by atoms with Gasteiger partial charge in [-0.1, -0.05) is 34.1 Å². The van der Waals surface area contributed by atoms with Crippen LogP contribution in [0, 0.1) is 5.82 Å². The van der Waals surface area contributed by atoms with E-state index >= 15 is 0 Å². The first-order chi connectivity index (χ1) is 8.61. The van der Waals surface area contributed by atoms with Crippen LogP contribution in [0.3, 0.4) is 0 Å². The molecule has 94 valence electrons. The lowest BCUT2D eigenvalue weighted by molar-refractivity contribution is 0.410. The molecule has 0 aromatic heterocycles. The fraction of sp³-hybridized carbons (Fsp3) is 0.143. The van der Waals surface area contributed by atoms with E-state index in [4.69, 9.17) is 10.5 Å². The van der Waals surface area contributed by atoms with E-state index in [9.17, 15) is 4.39 Å². The molecule has 2 nitrogen and oxygen atoms in total. The number of methoxy groups -OCH3 is 1. The summed E-state index contributed by atoms with van der Waals surface area (Å²) in [6.07, 6.45) is 0. The largest absolute Gasteiger partial charge is 0.497 e. The first-order valence-corrected chi connectivity index (χ1v) is 6.25. The van der Waals surface area contributed by atoms with Gasteiger partial charge < -0.3 is 10.5 Å². The third kappa shape index (κ3) is 2.71. The number of ether oxygens (including phenoxy) is 1. The number of rotatable bonds is 3. The van der Waals surface area contributed by atoms with E-state index in [0.29, 0.717) is 11.3 Å². The van der Waals surface area contributed by atoms with Crippen molar-refractivity contribution in [1.29, 1.82) is 0 Å². The molecular formula is C14H13BrFNO. The van der Waals surface area contributed by atoms with E-state index in [1.54, 1.807) is 12.1 Å². The van der Waals surface area contributed by atoms with E-state index in [1.165, 1.54) is 13.2 Å². The molecule has 1 unspecified atom stereocenters. The van der Waals surface area contributed by atoms with Crippen molar-refractivity contribution in [1.82, 2.24) is 0 Å². The van der Waals surface area contributed by atoms with Crippen molar-refractivity contribution >= 4 is 15.9 Å². The molecular weight excluding hydrogens is 297 g/mol. The van der Waals surface area contributed by atoms with Crippen LogP contribution < -0.4 is 10.5 Å². The van der Waals surface area contributed by atoms with Gasteiger partial charge in [0.1, 0.15) is 11.6 Å². The maximum absolute atomic E-state index is 13.9. The van der Waals surface area contributed by atoms with Crippen molar-refractivity contribution < 1.29 is 9.13 Å². The quantitative estimate of drug-likeness (QED) is 0.939. The molecule has 0 fully saturated rings. The summed E-state index contributed by atoms with van der Waals surface area (Å²) < 4.78 is 19.8. The highest BCUT2D eigenvalue weighted by Gasteiger charge is 2.14. The first kappa shape index (κ1) is 13.1. The topological polar surface area (TPSA) is 35.2 Å². The van der Waals surface area contributed by atoms with Gasteiger partial charge in [-0.15, -0.1) is 0 Å². The van der Waals surface area contributed by atoms with Crippen molar-refractivity contribution in [3.8, 4) is 5.75 Å². The Bertz CT molecular complexity index is 559. The molecule has 0 bridgehead atoms. The molecule has 0 amide bonds. The third-order valence-electron chi connectivity index (χ3n) is 2.75. The standard InChI is InChI=1S/C14H13BrFNO/c1-18-11-5-6-12(13(16)8-11)14(17)9-3-2-4-10(15)7-9/h2-8,14H,17H2,1H3. The maximum atomic E-state index is 13.9. The SMILES string of the molecule is COc1ccc(C(N)c2cccc(Br)c2)c(F)c1. The predicted molar refractivity (Wildman–Crippen MR) is 73.1 cm³/mol. The van der Waals surface area contributed by atoms with Gasteiger partial charge in [-0.05, 0) is 23.8 Å². The Morgan fingerprint density at radius 1 is 1.22 bits per heavy atom. The van der Waals surface area contributed by atoms with Gasteiger partial charge in [-0.25, -0.2) is 4.39 Å². The summed E-state index contributed by atoms with van der Waals surface area (Å²) in [6, 6.07) is 11.7. The molecule has 0 radical (unpaired) electrons. The average Bonchev–Trinajstić information content (AvgIpc) is 2.37. The molecule has 0 aliphatic heterocycles. The van der Waals surface area contributed by atoms with Crippen LogP contribution in [0.1, 0.15) is 17.2 Å². The summed E-state index contributed by atoms with van der Waals surface area (Å²) in [4.78, 5) is 0. The van der Waals surface area contributed by atoms with Crippen LogP contribution in [-0.2, 0) is 0 Å². The summed E-state index contributed by atoms with van der Waals surface area (Å²) in [5, 5.41) is 0. The van der Waals surface area contributed by atoms with E-state index in [0.717, 1.165) is 10.0 Å². The normalized spacial score (nSPS) is 12.2. The molecule has 0 aliphatic rings. The Labute approximate surface area is 114 Å². The number of hydrogen-bond acceptors (Lipinski definition) is 2. The highest BCUT2D eigenvalue weighted by Crippen LogP contribution is 2.26. The molecule has 0 heterocycles. The van der Waals surface area contributed by atoms with Gasteiger partial charge in [0.25, 0.3) is 0 Å². The predicted octanol–water partition coefficient (Wildman–Crippen LogP) is 3.64. The summed E-state index contributed by atoms with van der Waals surface area (Å²) in [5.74, 6) is 0.125. The van der Waals surface area contributed by atoms with Gasteiger partial charge in [0.15, 0.2) is 0 Å². The molecule has 0 saturated heterocycles. The van der Waals surface area contributed by atoms with Gasteiger partial charge in [-0.2, -0.15) is 0 Å². The summed E-state index contributed by atoms with van der Waals surface area (Å²) in [5.41, 5.74) is 7.38. The Kier molecular flexibility index (Phi) is 3.99. The Hall–Kier alpha value is -1.39. The maximum Gasteiger partial charge on any atom is 0.132 e. The summed E-state index contributed by atoms with van der Waals surface area (Å²) in [6.45, 7) is 0. The lowest BCUT2D eigenvalue weighted by Gasteiger charge is -2.14. The van der Waals surface area contributed by atoms with Gasteiger partial charge in [0, 0.05) is 16.1 Å². The molecule has 2 rings (SSSR count). The molecule has 2 aromatic carbocycles. The zero-order chi connectivity index (χ0) is 13.1. The van der Waals surface area contributed by atoms with Crippen LogP contribution >= 0.6 is 15.9 Å².